The number of benzene rings is 3. The zero-order valence-electron chi connectivity index (χ0n) is 17.6. The summed E-state index contributed by atoms with van der Waals surface area (Å²) in [6.45, 7) is 0.0752. The maximum atomic E-state index is 13.2. The summed E-state index contributed by atoms with van der Waals surface area (Å²) in [4.78, 5) is 26.4. The predicted octanol–water partition coefficient (Wildman–Crippen LogP) is 4.83. The minimum Gasteiger partial charge on any atom is -0.460 e. The van der Waals surface area contributed by atoms with Crippen LogP contribution >= 0.6 is 15.9 Å². The first kappa shape index (κ1) is 22.6. The number of hydrogen-bond acceptors (Lipinski definition) is 6. The fraction of sp³-hybridized carbons (Fsp3) is 0.154. The van der Waals surface area contributed by atoms with Crippen molar-refractivity contribution in [2.24, 2.45) is 11.7 Å². The van der Waals surface area contributed by atoms with Crippen LogP contribution in [0.4, 0.5) is 0 Å². The first-order valence-corrected chi connectivity index (χ1v) is 11.2. The molecule has 1 heterocycles. The minimum atomic E-state index is -1.26. The van der Waals surface area contributed by atoms with Gasteiger partial charge in [-0.05, 0) is 35.4 Å². The van der Waals surface area contributed by atoms with Gasteiger partial charge in [-0.3, -0.25) is 9.59 Å². The fourth-order valence-electron chi connectivity index (χ4n) is 3.60. The largest absolute Gasteiger partial charge is 0.460 e. The van der Waals surface area contributed by atoms with Crippen LogP contribution in [-0.2, 0) is 32.3 Å². The van der Waals surface area contributed by atoms with Gasteiger partial charge in [-0.25, -0.2) is 0 Å². The van der Waals surface area contributed by atoms with Crippen LogP contribution in [0.3, 0.4) is 0 Å². The van der Waals surface area contributed by atoms with E-state index in [0.717, 1.165) is 15.6 Å². The summed E-state index contributed by atoms with van der Waals surface area (Å²) in [6, 6.07) is 23.8. The van der Waals surface area contributed by atoms with Crippen LogP contribution in [0.2, 0.25) is 0 Å². The Labute approximate surface area is 200 Å². The Morgan fingerprint density at radius 1 is 0.879 bits per heavy atom. The summed E-state index contributed by atoms with van der Waals surface area (Å²) >= 11 is 3.44. The topological polar surface area (TPSA) is 87.9 Å². The number of allylic oxidation sites excluding steroid dienone is 1. The minimum absolute atomic E-state index is 0.0376. The lowest BCUT2D eigenvalue weighted by Crippen LogP contribution is -2.34. The molecule has 7 heteroatoms. The highest BCUT2D eigenvalue weighted by molar-refractivity contribution is 9.10. The van der Waals surface area contributed by atoms with Gasteiger partial charge in [-0.1, -0.05) is 76.6 Å². The summed E-state index contributed by atoms with van der Waals surface area (Å²) in [7, 11) is 0. The van der Waals surface area contributed by atoms with E-state index in [1.54, 1.807) is 24.3 Å². The lowest BCUT2D eigenvalue weighted by Gasteiger charge is -2.28. The van der Waals surface area contributed by atoms with Gasteiger partial charge in [0.25, 0.3) is 0 Å². The monoisotopic (exact) mass is 507 g/mol. The van der Waals surface area contributed by atoms with Crippen LogP contribution in [0.25, 0.3) is 0 Å². The molecular weight excluding hydrogens is 486 g/mol. The zero-order chi connectivity index (χ0) is 23.2. The average Bonchev–Trinajstić information content (AvgIpc) is 2.83. The molecule has 0 spiro atoms. The molecule has 1 atom stereocenters. The maximum absolute atomic E-state index is 13.2. The quantitative estimate of drug-likeness (QED) is 0.364. The van der Waals surface area contributed by atoms with Gasteiger partial charge in [0.05, 0.1) is 0 Å². The number of nitrogens with two attached hydrogens (primary N) is 1. The number of halogens is 1. The third-order valence-corrected chi connectivity index (χ3v) is 5.71. The average molecular weight is 508 g/mol. The third-order valence-electron chi connectivity index (χ3n) is 5.22. The molecule has 1 unspecified atom stereocenters. The van der Waals surface area contributed by atoms with Crippen molar-refractivity contribution >= 4 is 27.9 Å². The molecule has 168 valence electrons. The van der Waals surface area contributed by atoms with Gasteiger partial charge in [-0.15, -0.1) is 0 Å². The number of esters is 2. The molecular formula is C26H22BrNO5. The molecule has 0 bridgehead atoms. The predicted molar refractivity (Wildman–Crippen MR) is 126 cm³/mol. The summed E-state index contributed by atoms with van der Waals surface area (Å²) in [5.74, 6) is -2.78. The van der Waals surface area contributed by atoms with E-state index >= 15 is 0 Å². The summed E-state index contributed by atoms with van der Waals surface area (Å²) < 4.78 is 17.4. The van der Waals surface area contributed by atoms with Crippen LogP contribution in [0.1, 0.15) is 22.6 Å². The molecule has 3 aromatic carbocycles. The number of ether oxygens (including phenoxy) is 3. The molecule has 0 aromatic heterocycles. The molecule has 2 N–H and O–H groups in total. The Morgan fingerprint density at radius 2 is 1.42 bits per heavy atom. The number of carbonyl (C=O) groups is 2. The number of carbonyl (C=O) groups excluding carboxylic acids is 2. The van der Waals surface area contributed by atoms with E-state index in [1.165, 1.54) is 0 Å². The number of hydrogen-bond donors (Lipinski definition) is 1. The van der Waals surface area contributed by atoms with Gasteiger partial charge in [0.1, 0.15) is 19.0 Å². The summed E-state index contributed by atoms with van der Waals surface area (Å²) in [5.41, 5.74) is 8.23. The smallest absolute Gasteiger partial charge is 0.321 e. The van der Waals surface area contributed by atoms with Crippen molar-refractivity contribution in [1.82, 2.24) is 0 Å². The molecule has 0 amide bonds. The molecule has 0 saturated heterocycles. The molecule has 0 aliphatic carbocycles. The van der Waals surface area contributed by atoms with E-state index in [4.69, 9.17) is 19.9 Å². The van der Waals surface area contributed by atoms with Gasteiger partial charge >= 0.3 is 11.9 Å². The van der Waals surface area contributed by atoms with Gasteiger partial charge in [-0.2, -0.15) is 0 Å². The van der Waals surface area contributed by atoms with E-state index < -0.39 is 23.8 Å². The molecule has 0 fully saturated rings. The molecule has 3 aromatic rings. The fourth-order valence-corrected chi connectivity index (χ4v) is 3.98. The Kier molecular flexibility index (Phi) is 7.10. The third kappa shape index (κ3) is 5.62. The lowest BCUT2D eigenvalue weighted by molar-refractivity contribution is -0.164. The van der Waals surface area contributed by atoms with Gasteiger partial charge in [0.15, 0.2) is 11.8 Å². The Morgan fingerprint density at radius 3 is 1.97 bits per heavy atom. The van der Waals surface area contributed by atoms with E-state index in [9.17, 15) is 9.59 Å². The SMILES string of the molecule is NC1=CC(C(C(=O)OCc2ccccc2)C(=O)OCc2ccccc2)c2cc(Br)ccc2O1. The van der Waals surface area contributed by atoms with Crippen LogP contribution in [0, 0.1) is 5.92 Å². The van der Waals surface area contributed by atoms with Gasteiger partial charge in [0, 0.05) is 16.0 Å². The van der Waals surface area contributed by atoms with E-state index in [1.807, 2.05) is 60.7 Å². The van der Waals surface area contributed by atoms with Gasteiger partial charge < -0.3 is 19.9 Å². The van der Waals surface area contributed by atoms with Crippen molar-refractivity contribution < 1.29 is 23.8 Å². The molecule has 33 heavy (non-hydrogen) atoms. The van der Waals surface area contributed by atoms with Crippen molar-refractivity contribution in [2.75, 3.05) is 0 Å². The highest BCUT2D eigenvalue weighted by Crippen LogP contribution is 2.40. The van der Waals surface area contributed by atoms with Crippen molar-refractivity contribution in [2.45, 2.75) is 19.1 Å². The van der Waals surface area contributed by atoms with Crippen molar-refractivity contribution in [3.05, 3.63) is 112 Å². The van der Waals surface area contributed by atoms with Crippen molar-refractivity contribution in [3.8, 4) is 5.75 Å². The summed E-state index contributed by atoms with van der Waals surface area (Å²) in [5, 5.41) is 0. The number of rotatable bonds is 7. The standard InChI is InChI=1S/C26H22BrNO5/c27-19-11-12-22-20(13-19)21(14-23(28)33-22)24(25(29)31-15-17-7-3-1-4-8-17)26(30)32-16-18-9-5-2-6-10-18/h1-14,21,24H,15-16,28H2. The molecule has 4 rings (SSSR count). The van der Waals surface area contributed by atoms with Crippen molar-refractivity contribution in [3.63, 3.8) is 0 Å². The number of fused-ring (bicyclic) bond motifs is 1. The van der Waals surface area contributed by atoms with Crippen LogP contribution in [0.15, 0.2) is 95.3 Å². The van der Waals surface area contributed by atoms with Crippen LogP contribution in [-0.4, -0.2) is 11.9 Å². The second-order valence-electron chi connectivity index (χ2n) is 7.54. The second kappa shape index (κ2) is 10.4. The van der Waals surface area contributed by atoms with E-state index in [-0.39, 0.29) is 19.1 Å². The Balaban J connectivity index is 1.61. The molecule has 1 aliphatic rings. The molecule has 0 radical (unpaired) electrons. The summed E-state index contributed by atoms with van der Waals surface area (Å²) in [6.07, 6.45) is 1.55. The molecule has 1 aliphatic heterocycles. The first-order valence-electron chi connectivity index (χ1n) is 10.4. The highest BCUT2D eigenvalue weighted by Gasteiger charge is 2.41. The van der Waals surface area contributed by atoms with Crippen LogP contribution < -0.4 is 10.5 Å². The maximum Gasteiger partial charge on any atom is 0.321 e. The van der Waals surface area contributed by atoms with Gasteiger partial charge in [0.2, 0.25) is 0 Å². The van der Waals surface area contributed by atoms with Crippen molar-refractivity contribution in [1.29, 1.82) is 0 Å². The normalized spacial score (nSPS) is 14.6. The molecule has 6 nitrogen and oxygen atoms in total. The van der Waals surface area contributed by atoms with E-state index in [2.05, 4.69) is 15.9 Å². The zero-order valence-corrected chi connectivity index (χ0v) is 19.2. The second-order valence-corrected chi connectivity index (χ2v) is 8.46. The van der Waals surface area contributed by atoms with E-state index in [0.29, 0.717) is 11.3 Å². The highest BCUT2D eigenvalue weighted by atomic mass is 79.9. The Bertz CT molecular complexity index is 1110. The first-order chi connectivity index (χ1) is 16.0. The van der Waals surface area contributed by atoms with Crippen LogP contribution in [0.5, 0.6) is 5.75 Å². The lowest BCUT2D eigenvalue weighted by atomic mass is 9.84. The Hall–Kier alpha value is -3.58. The molecule has 0 saturated carbocycles.